The van der Waals surface area contributed by atoms with E-state index in [-0.39, 0.29) is 0 Å². The zero-order valence-corrected chi connectivity index (χ0v) is 13.5. The second-order valence-electron chi connectivity index (χ2n) is 5.82. The molecule has 4 nitrogen and oxygen atoms in total. The molecule has 0 aliphatic carbocycles. The van der Waals surface area contributed by atoms with Crippen molar-refractivity contribution < 1.29 is 9.47 Å². The van der Waals surface area contributed by atoms with Gasteiger partial charge in [0.1, 0.15) is 0 Å². The lowest BCUT2D eigenvalue weighted by Gasteiger charge is -2.37. The maximum Gasteiger partial charge on any atom is 0.0772 e. The minimum absolute atomic E-state index is 0.342. The first-order chi connectivity index (χ1) is 10.2. The molecule has 1 N–H and O–H groups in total. The number of nitrogens with zero attached hydrogens (tertiary/aromatic N) is 1. The van der Waals surface area contributed by atoms with Crippen molar-refractivity contribution in [2.45, 2.75) is 26.0 Å². The molecule has 21 heavy (non-hydrogen) atoms. The molecule has 2 rings (SSSR count). The van der Waals surface area contributed by atoms with Crippen LogP contribution in [0.15, 0.2) is 24.3 Å². The van der Waals surface area contributed by atoms with Gasteiger partial charge >= 0.3 is 0 Å². The molecule has 1 aliphatic heterocycles. The third-order valence-corrected chi connectivity index (χ3v) is 4.31. The fourth-order valence-electron chi connectivity index (χ4n) is 2.81. The highest BCUT2D eigenvalue weighted by Gasteiger charge is 2.25. The lowest BCUT2D eigenvalue weighted by atomic mass is 9.95. The molecular weight excluding hydrogens is 264 g/mol. The Bertz CT molecular complexity index is 408. The molecule has 1 heterocycles. The van der Waals surface area contributed by atoms with Crippen LogP contribution in [-0.4, -0.2) is 46.6 Å². The van der Waals surface area contributed by atoms with Crippen molar-refractivity contribution >= 4 is 5.69 Å². The monoisotopic (exact) mass is 292 g/mol. The third kappa shape index (κ3) is 4.70. The average molecular weight is 292 g/mol. The fraction of sp³-hybridized carbons (Fsp3) is 0.647. The number of hydrogen-bond acceptors (Lipinski definition) is 4. The van der Waals surface area contributed by atoms with Gasteiger partial charge in [0.2, 0.25) is 0 Å². The van der Waals surface area contributed by atoms with Crippen LogP contribution in [0.1, 0.15) is 18.9 Å². The number of ether oxygens (including phenoxy) is 2. The minimum atomic E-state index is 0.342. The van der Waals surface area contributed by atoms with E-state index < -0.39 is 0 Å². The second-order valence-corrected chi connectivity index (χ2v) is 5.82. The molecule has 0 bridgehead atoms. The Morgan fingerprint density at radius 2 is 2.00 bits per heavy atom. The van der Waals surface area contributed by atoms with Gasteiger partial charge in [0.15, 0.2) is 0 Å². The lowest BCUT2D eigenvalue weighted by Crippen LogP contribution is -2.43. The fourth-order valence-corrected chi connectivity index (χ4v) is 2.81. The Kier molecular flexibility index (Phi) is 6.49. The number of piperidine rings is 1. The van der Waals surface area contributed by atoms with Gasteiger partial charge in [-0.05, 0) is 30.0 Å². The summed E-state index contributed by atoms with van der Waals surface area (Å²) in [6.45, 7) is 6.91. The number of nitrogens with one attached hydrogen (secondary N) is 1. The summed E-state index contributed by atoms with van der Waals surface area (Å²) in [6.07, 6.45) is 1.54. The molecule has 0 amide bonds. The van der Waals surface area contributed by atoms with Crippen LogP contribution in [0.2, 0.25) is 0 Å². The van der Waals surface area contributed by atoms with E-state index in [1.54, 1.807) is 7.11 Å². The summed E-state index contributed by atoms with van der Waals surface area (Å²) in [5.41, 5.74) is 2.60. The second kappa shape index (κ2) is 8.37. The molecule has 1 aromatic rings. The summed E-state index contributed by atoms with van der Waals surface area (Å²) in [5, 5.41) is 3.36. The molecule has 2 unspecified atom stereocenters. The highest BCUT2D eigenvalue weighted by atomic mass is 16.5. The first-order valence-corrected chi connectivity index (χ1v) is 7.81. The third-order valence-electron chi connectivity index (χ3n) is 4.31. The Hall–Kier alpha value is -1.10. The van der Waals surface area contributed by atoms with Crippen LogP contribution in [0.3, 0.4) is 0 Å². The van der Waals surface area contributed by atoms with Gasteiger partial charge in [-0.2, -0.15) is 0 Å². The quantitative estimate of drug-likeness (QED) is 0.782. The first-order valence-electron chi connectivity index (χ1n) is 7.81. The Balaban J connectivity index is 1.86. The van der Waals surface area contributed by atoms with Crippen molar-refractivity contribution in [2.24, 2.45) is 5.92 Å². The van der Waals surface area contributed by atoms with E-state index >= 15 is 0 Å². The minimum Gasteiger partial charge on any atom is -0.383 e. The normalized spacial score (nSPS) is 22.5. The van der Waals surface area contributed by atoms with Crippen LogP contribution in [0, 0.1) is 5.92 Å². The maximum absolute atomic E-state index is 5.59. The van der Waals surface area contributed by atoms with E-state index in [2.05, 4.69) is 41.4 Å². The zero-order valence-electron chi connectivity index (χ0n) is 13.5. The smallest absolute Gasteiger partial charge is 0.0772 e. The molecule has 1 aromatic carbocycles. The van der Waals surface area contributed by atoms with Gasteiger partial charge in [-0.3, -0.25) is 0 Å². The van der Waals surface area contributed by atoms with E-state index in [1.807, 2.05) is 7.11 Å². The standard InChI is InChI=1S/C17H28N2O2/c1-14-8-10-19(13-17(14)21-3)16-6-4-15(5-7-16)12-18-9-11-20-2/h4-7,14,17-18H,8-13H2,1-3H3. The van der Waals surface area contributed by atoms with Crippen LogP contribution in [-0.2, 0) is 16.0 Å². The molecule has 0 saturated carbocycles. The van der Waals surface area contributed by atoms with E-state index in [1.165, 1.54) is 17.7 Å². The molecule has 2 atom stereocenters. The van der Waals surface area contributed by atoms with E-state index in [0.29, 0.717) is 12.0 Å². The van der Waals surface area contributed by atoms with Crippen LogP contribution in [0.5, 0.6) is 0 Å². The number of anilines is 1. The number of hydrogen-bond donors (Lipinski definition) is 1. The van der Waals surface area contributed by atoms with Gasteiger partial charge in [-0.25, -0.2) is 0 Å². The van der Waals surface area contributed by atoms with E-state index in [4.69, 9.17) is 9.47 Å². The van der Waals surface area contributed by atoms with Gasteiger partial charge in [0.05, 0.1) is 12.7 Å². The van der Waals surface area contributed by atoms with Gasteiger partial charge < -0.3 is 19.7 Å². The van der Waals surface area contributed by atoms with Gasteiger partial charge in [-0.15, -0.1) is 0 Å². The molecular formula is C17H28N2O2. The SMILES string of the molecule is COCCNCc1ccc(N2CCC(C)C(OC)C2)cc1. The van der Waals surface area contributed by atoms with E-state index in [0.717, 1.165) is 32.8 Å². The summed E-state index contributed by atoms with van der Waals surface area (Å²) in [7, 11) is 3.54. The van der Waals surface area contributed by atoms with Crippen LogP contribution >= 0.6 is 0 Å². The van der Waals surface area contributed by atoms with Crippen LogP contribution in [0.25, 0.3) is 0 Å². The van der Waals surface area contributed by atoms with Gasteiger partial charge in [0.25, 0.3) is 0 Å². The summed E-state index contributed by atoms with van der Waals surface area (Å²) < 4.78 is 10.6. The highest BCUT2D eigenvalue weighted by molar-refractivity contribution is 5.48. The average Bonchev–Trinajstić information content (AvgIpc) is 2.53. The molecule has 0 spiro atoms. The molecule has 1 aliphatic rings. The molecule has 1 fully saturated rings. The van der Waals surface area contributed by atoms with E-state index in [9.17, 15) is 0 Å². The summed E-state index contributed by atoms with van der Waals surface area (Å²) in [6, 6.07) is 8.84. The van der Waals surface area contributed by atoms with Crippen LogP contribution in [0.4, 0.5) is 5.69 Å². The zero-order chi connectivity index (χ0) is 15.1. The Labute approximate surface area is 128 Å². The number of rotatable bonds is 7. The van der Waals surface area contributed by atoms with Gasteiger partial charge in [-0.1, -0.05) is 19.1 Å². The largest absolute Gasteiger partial charge is 0.383 e. The Morgan fingerprint density at radius 3 is 2.67 bits per heavy atom. The summed E-state index contributed by atoms with van der Waals surface area (Å²) in [4.78, 5) is 2.43. The van der Waals surface area contributed by atoms with Crippen molar-refractivity contribution in [1.82, 2.24) is 5.32 Å². The topological polar surface area (TPSA) is 33.7 Å². The Morgan fingerprint density at radius 1 is 1.24 bits per heavy atom. The van der Waals surface area contributed by atoms with Crippen molar-refractivity contribution in [3.05, 3.63) is 29.8 Å². The highest BCUT2D eigenvalue weighted by Crippen LogP contribution is 2.25. The number of benzene rings is 1. The summed E-state index contributed by atoms with van der Waals surface area (Å²) in [5.74, 6) is 0.649. The van der Waals surface area contributed by atoms with Crippen molar-refractivity contribution in [2.75, 3.05) is 45.4 Å². The predicted octanol–water partition coefficient (Wildman–Crippen LogP) is 2.28. The molecule has 118 valence electrons. The molecule has 1 saturated heterocycles. The lowest BCUT2D eigenvalue weighted by molar-refractivity contribution is 0.0498. The summed E-state index contributed by atoms with van der Waals surface area (Å²) >= 11 is 0. The maximum atomic E-state index is 5.59. The first kappa shape index (κ1) is 16.3. The van der Waals surface area contributed by atoms with Gasteiger partial charge in [0, 0.05) is 46.1 Å². The molecule has 0 radical (unpaired) electrons. The molecule has 0 aromatic heterocycles. The van der Waals surface area contributed by atoms with Crippen LogP contribution < -0.4 is 10.2 Å². The predicted molar refractivity (Wildman–Crippen MR) is 86.8 cm³/mol. The number of methoxy groups -OCH3 is 2. The van der Waals surface area contributed by atoms with Crippen molar-refractivity contribution in [3.63, 3.8) is 0 Å². The molecule has 4 heteroatoms. The van der Waals surface area contributed by atoms with Crippen molar-refractivity contribution in [1.29, 1.82) is 0 Å². The van der Waals surface area contributed by atoms with Crippen molar-refractivity contribution in [3.8, 4) is 0 Å².